The molecule has 0 saturated carbocycles. The molecular formula is C25H31N3O5S. The van der Waals surface area contributed by atoms with Crippen molar-refractivity contribution in [3.8, 4) is 17.6 Å². The summed E-state index contributed by atoms with van der Waals surface area (Å²) in [6.07, 6.45) is 1.60. The van der Waals surface area contributed by atoms with Gasteiger partial charge in [0.15, 0.2) is 11.5 Å². The Morgan fingerprint density at radius 1 is 1.06 bits per heavy atom. The van der Waals surface area contributed by atoms with Crippen molar-refractivity contribution < 1.29 is 22.7 Å². The summed E-state index contributed by atoms with van der Waals surface area (Å²) in [6, 6.07) is 13.7. The van der Waals surface area contributed by atoms with Crippen LogP contribution in [0.3, 0.4) is 0 Å². The second-order valence-corrected chi connectivity index (χ2v) is 9.94. The molecule has 2 aromatic rings. The first-order valence-electron chi connectivity index (χ1n) is 11.6. The minimum absolute atomic E-state index is 0.0496. The molecule has 1 heterocycles. The number of rotatable bonds is 10. The normalized spacial score (nSPS) is 14.9. The molecule has 0 bridgehead atoms. The number of ether oxygens (including phenoxy) is 2. The van der Waals surface area contributed by atoms with Crippen molar-refractivity contribution in [2.75, 3.05) is 32.8 Å². The molecule has 1 amide bonds. The van der Waals surface area contributed by atoms with Crippen LogP contribution < -0.4 is 14.8 Å². The third-order valence-corrected chi connectivity index (χ3v) is 7.68. The highest BCUT2D eigenvalue weighted by Gasteiger charge is 2.32. The van der Waals surface area contributed by atoms with Crippen molar-refractivity contribution in [1.82, 2.24) is 9.62 Å². The van der Waals surface area contributed by atoms with Crippen LogP contribution in [0, 0.1) is 17.2 Å². The summed E-state index contributed by atoms with van der Waals surface area (Å²) in [7, 11) is -3.64. The molecule has 0 atom stereocenters. The van der Waals surface area contributed by atoms with Gasteiger partial charge in [0.2, 0.25) is 15.9 Å². The summed E-state index contributed by atoms with van der Waals surface area (Å²) in [6.45, 7) is 6.01. The van der Waals surface area contributed by atoms with Crippen molar-refractivity contribution in [3.05, 3.63) is 53.6 Å². The van der Waals surface area contributed by atoms with Gasteiger partial charge in [0.25, 0.3) is 0 Å². The molecule has 34 heavy (non-hydrogen) atoms. The first-order chi connectivity index (χ1) is 16.4. The fourth-order valence-electron chi connectivity index (χ4n) is 3.93. The Morgan fingerprint density at radius 2 is 1.71 bits per heavy atom. The summed E-state index contributed by atoms with van der Waals surface area (Å²) in [5, 5.41) is 11.9. The van der Waals surface area contributed by atoms with Gasteiger partial charge in [0.05, 0.1) is 29.7 Å². The van der Waals surface area contributed by atoms with Crippen LogP contribution in [0.1, 0.15) is 37.8 Å². The van der Waals surface area contributed by atoms with E-state index in [0.717, 1.165) is 5.56 Å². The molecule has 0 aromatic heterocycles. The highest BCUT2D eigenvalue weighted by molar-refractivity contribution is 7.89. The van der Waals surface area contributed by atoms with Gasteiger partial charge in [-0.15, -0.1) is 0 Å². The van der Waals surface area contributed by atoms with E-state index >= 15 is 0 Å². The number of nitriles is 1. The average Bonchev–Trinajstić information content (AvgIpc) is 2.86. The largest absolute Gasteiger partial charge is 0.490 e. The molecule has 1 saturated heterocycles. The lowest BCUT2D eigenvalue weighted by atomic mass is 9.97. The molecule has 0 aliphatic carbocycles. The van der Waals surface area contributed by atoms with Crippen LogP contribution >= 0.6 is 0 Å². The maximum atomic E-state index is 12.9. The maximum Gasteiger partial charge on any atom is 0.243 e. The first-order valence-corrected chi connectivity index (χ1v) is 13.0. The van der Waals surface area contributed by atoms with E-state index < -0.39 is 10.0 Å². The number of nitrogens with zero attached hydrogens (tertiary/aromatic N) is 2. The molecule has 182 valence electrons. The van der Waals surface area contributed by atoms with Gasteiger partial charge >= 0.3 is 0 Å². The van der Waals surface area contributed by atoms with Crippen LogP contribution in [0.15, 0.2) is 47.4 Å². The standard InChI is InChI=1S/C25H31N3O5S/c1-3-32-23-10-7-19(17-24(23)33-4-2)11-14-27-25(29)21-12-15-28(16-13-21)34(30,31)22-8-5-20(18-26)6-9-22/h5-10,17,21H,3-4,11-16H2,1-2H3,(H,27,29). The van der Waals surface area contributed by atoms with E-state index in [0.29, 0.717) is 56.1 Å². The number of hydrogen-bond acceptors (Lipinski definition) is 6. The van der Waals surface area contributed by atoms with E-state index in [9.17, 15) is 13.2 Å². The predicted molar refractivity (Wildman–Crippen MR) is 128 cm³/mol. The zero-order valence-corrected chi connectivity index (χ0v) is 20.4. The lowest BCUT2D eigenvalue weighted by Crippen LogP contribution is -2.43. The van der Waals surface area contributed by atoms with Crippen molar-refractivity contribution in [1.29, 1.82) is 5.26 Å². The molecule has 1 aliphatic heterocycles. The van der Waals surface area contributed by atoms with Crippen molar-refractivity contribution >= 4 is 15.9 Å². The van der Waals surface area contributed by atoms with Crippen molar-refractivity contribution in [2.45, 2.75) is 38.0 Å². The molecule has 0 unspecified atom stereocenters. The lowest BCUT2D eigenvalue weighted by Gasteiger charge is -2.30. The summed E-state index contributed by atoms with van der Waals surface area (Å²) >= 11 is 0. The number of amides is 1. The third-order valence-electron chi connectivity index (χ3n) is 5.77. The topological polar surface area (TPSA) is 109 Å². The van der Waals surface area contributed by atoms with Gasteiger partial charge in [-0.3, -0.25) is 4.79 Å². The van der Waals surface area contributed by atoms with Gasteiger partial charge < -0.3 is 14.8 Å². The van der Waals surface area contributed by atoms with Crippen LogP contribution in [-0.2, 0) is 21.2 Å². The van der Waals surface area contributed by atoms with E-state index in [2.05, 4.69) is 5.32 Å². The maximum absolute atomic E-state index is 12.9. The summed E-state index contributed by atoms with van der Waals surface area (Å²) in [4.78, 5) is 12.8. The monoisotopic (exact) mass is 485 g/mol. The van der Waals surface area contributed by atoms with Gasteiger partial charge in [-0.2, -0.15) is 9.57 Å². The van der Waals surface area contributed by atoms with Gasteiger partial charge in [-0.05, 0) is 75.1 Å². The van der Waals surface area contributed by atoms with E-state index in [1.807, 2.05) is 38.1 Å². The van der Waals surface area contributed by atoms with E-state index in [1.54, 1.807) is 0 Å². The van der Waals surface area contributed by atoms with Crippen molar-refractivity contribution in [3.63, 3.8) is 0 Å². The van der Waals surface area contributed by atoms with Gasteiger partial charge in [0, 0.05) is 25.6 Å². The molecule has 1 N–H and O–H groups in total. The Labute approximate surface area is 201 Å². The van der Waals surface area contributed by atoms with E-state index in [4.69, 9.17) is 14.7 Å². The summed E-state index contributed by atoms with van der Waals surface area (Å²) in [5.74, 6) is 1.14. The quantitative estimate of drug-likeness (QED) is 0.554. The van der Waals surface area contributed by atoms with E-state index in [-0.39, 0.29) is 29.8 Å². The zero-order valence-electron chi connectivity index (χ0n) is 19.6. The number of nitrogens with one attached hydrogen (secondary N) is 1. The Hall–Kier alpha value is -3.09. The average molecular weight is 486 g/mol. The Bertz CT molecular complexity index is 1120. The molecule has 1 aliphatic rings. The molecule has 9 heteroatoms. The predicted octanol–water partition coefficient (Wildman–Crippen LogP) is 3.12. The Kier molecular flexibility index (Phi) is 8.91. The third kappa shape index (κ3) is 6.27. The van der Waals surface area contributed by atoms with E-state index in [1.165, 1.54) is 28.6 Å². The Balaban J connectivity index is 1.49. The van der Waals surface area contributed by atoms with Gasteiger partial charge in [-0.25, -0.2) is 8.42 Å². The molecule has 8 nitrogen and oxygen atoms in total. The summed E-state index contributed by atoms with van der Waals surface area (Å²) in [5.41, 5.74) is 1.45. The Morgan fingerprint density at radius 3 is 2.32 bits per heavy atom. The fourth-order valence-corrected chi connectivity index (χ4v) is 5.40. The van der Waals surface area contributed by atoms with Gasteiger partial charge in [0.1, 0.15) is 0 Å². The molecule has 0 spiro atoms. The van der Waals surface area contributed by atoms with Crippen LogP contribution in [0.25, 0.3) is 0 Å². The number of carbonyl (C=O) groups is 1. The fraction of sp³-hybridized carbons (Fsp3) is 0.440. The number of piperidine rings is 1. The highest BCUT2D eigenvalue weighted by atomic mass is 32.2. The highest BCUT2D eigenvalue weighted by Crippen LogP contribution is 2.29. The van der Waals surface area contributed by atoms with Crippen LogP contribution in [-0.4, -0.2) is 51.5 Å². The van der Waals surface area contributed by atoms with Gasteiger partial charge in [-0.1, -0.05) is 6.07 Å². The number of hydrogen-bond donors (Lipinski definition) is 1. The smallest absolute Gasteiger partial charge is 0.243 e. The minimum atomic E-state index is -3.64. The second kappa shape index (κ2) is 11.9. The SMILES string of the molecule is CCOc1ccc(CCNC(=O)C2CCN(S(=O)(=O)c3ccc(C#N)cc3)CC2)cc1OCC. The number of carbonyl (C=O) groups excluding carboxylic acids is 1. The number of benzene rings is 2. The molecule has 3 rings (SSSR count). The van der Waals surface area contributed by atoms with Crippen LogP contribution in [0.5, 0.6) is 11.5 Å². The zero-order chi connectivity index (χ0) is 24.6. The molecule has 2 aromatic carbocycles. The van der Waals surface area contributed by atoms with Crippen LogP contribution in [0.2, 0.25) is 0 Å². The minimum Gasteiger partial charge on any atom is -0.490 e. The molecule has 1 fully saturated rings. The second-order valence-electron chi connectivity index (χ2n) is 8.00. The van der Waals surface area contributed by atoms with Crippen LogP contribution in [0.4, 0.5) is 0 Å². The molecule has 0 radical (unpaired) electrons. The molecular weight excluding hydrogens is 454 g/mol. The lowest BCUT2D eigenvalue weighted by molar-refractivity contribution is -0.126. The number of sulfonamides is 1. The summed E-state index contributed by atoms with van der Waals surface area (Å²) < 4.78 is 38.4. The van der Waals surface area contributed by atoms with Crippen molar-refractivity contribution in [2.24, 2.45) is 5.92 Å². The first kappa shape index (κ1) is 25.5.